The highest BCUT2D eigenvalue weighted by molar-refractivity contribution is 5.85. The van der Waals surface area contributed by atoms with Gasteiger partial charge in [0.15, 0.2) is 0 Å². The van der Waals surface area contributed by atoms with E-state index in [2.05, 4.69) is 5.32 Å². The summed E-state index contributed by atoms with van der Waals surface area (Å²) in [6.45, 7) is 3.89. The summed E-state index contributed by atoms with van der Waals surface area (Å²) < 4.78 is 13.7. The fourth-order valence-electron chi connectivity index (χ4n) is 4.39. The monoisotopic (exact) mass is 425 g/mol. The molecule has 2 amide bonds. The van der Waals surface area contributed by atoms with Gasteiger partial charge in [-0.1, -0.05) is 36.4 Å². The van der Waals surface area contributed by atoms with Crippen molar-refractivity contribution in [2.45, 2.75) is 26.2 Å². The van der Waals surface area contributed by atoms with E-state index in [9.17, 15) is 14.0 Å². The number of hydrogen-bond donors (Lipinski definition) is 1. The molecular weight excluding hydrogens is 393 g/mol. The topological polar surface area (TPSA) is 52.7 Å². The number of likely N-dealkylation sites (tertiary alicyclic amines) is 1. The molecule has 0 bridgehead atoms. The summed E-state index contributed by atoms with van der Waals surface area (Å²) in [4.78, 5) is 29.6. The van der Waals surface area contributed by atoms with E-state index in [1.165, 1.54) is 12.1 Å². The van der Waals surface area contributed by atoms with E-state index in [0.29, 0.717) is 32.6 Å². The maximum atomic E-state index is 13.7. The lowest BCUT2D eigenvalue weighted by Crippen LogP contribution is -2.55. The summed E-state index contributed by atoms with van der Waals surface area (Å²) in [7, 11) is 3.74. The van der Waals surface area contributed by atoms with Crippen LogP contribution in [0.2, 0.25) is 0 Å². The molecule has 6 heteroatoms. The lowest BCUT2D eigenvalue weighted by molar-refractivity contribution is -0.141. The molecule has 0 unspecified atom stereocenters. The number of likely N-dealkylation sites (N-methyl/N-ethyl adjacent to an activating group) is 1. The third kappa shape index (κ3) is 5.70. The third-order valence-electron chi connectivity index (χ3n) is 5.83. The van der Waals surface area contributed by atoms with Crippen LogP contribution in [0.5, 0.6) is 0 Å². The van der Waals surface area contributed by atoms with Crippen LogP contribution in [0.4, 0.5) is 4.39 Å². The SMILES string of the molecule is CCNC(=O)[C@]1(Cc2cccc(-c3cccc(F)c3)c2)CCCN(C(=O)CN(C)C)C1. The van der Waals surface area contributed by atoms with E-state index in [1.54, 1.807) is 6.07 Å². The minimum atomic E-state index is -0.670. The molecule has 1 heterocycles. The van der Waals surface area contributed by atoms with Gasteiger partial charge in [0.2, 0.25) is 11.8 Å². The number of hydrogen-bond acceptors (Lipinski definition) is 3. The van der Waals surface area contributed by atoms with E-state index >= 15 is 0 Å². The zero-order valence-electron chi connectivity index (χ0n) is 18.7. The first-order chi connectivity index (χ1) is 14.8. The minimum Gasteiger partial charge on any atom is -0.356 e. The van der Waals surface area contributed by atoms with E-state index in [1.807, 2.05) is 61.2 Å². The van der Waals surface area contributed by atoms with Crippen LogP contribution >= 0.6 is 0 Å². The number of nitrogens with zero attached hydrogens (tertiary/aromatic N) is 2. The molecule has 1 saturated heterocycles. The van der Waals surface area contributed by atoms with Gasteiger partial charge in [0.1, 0.15) is 5.82 Å². The molecule has 3 rings (SSSR count). The smallest absolute Gasteiger partial charge is 0.236 e. The van der Waals surface area contributed by atoms with Crippen molar-refractivity contribution in [3.05, 3.63) is 59.9 Å². The van der Waals surface area contributed by atoms with Crippen molar-refractivity contribution in [3.8, 4) is 11.1 Å². The van der Waals surface area contributed by atoms with Crippen molar-refractivity contribution in [2.24, 2.45) is 5.41 Å². The van der Waals surface area contributed by atoms with E-state index < -0.39 is 5.41 Å². The first-order valence-electron chi connectivity index (χ1n) is 10.9. The molecular formula is C25H32FN3O2. The fourth-order valence-corrected chi connectivity index (χ4v) is 4.39. The molecule has 0 radical (unpaired) electrons. The van der Waals surface area contributed by atoms with Crippen molar-refractivity contribution >= 4 is 11.8 Å². The summed E-state index contributed by atoms with van der Waals surface area (Å²) in [5.74, 6) is -0.232. The predicted molar refractivity (Wildman–Crippen MR) is 121 cm³/mol. The molecule has 1 atom stereocenters. The fraction of sp³-hybridized carbons (Fsp3) is 0.440. The average Bonchev–Trinajstić information content (AvgIpc) is 2.74. The van der Waals surface area contributed by atoms with Crippen molar-refractivity contribution in [3.63, 3.8) is 0 Å². The van der Waals surface area contributed by atoms with Gasteiger partial charge in [-0.2, -0.15) is 0 Å². The Labute approximate surface area is 184 Å². The number of piperidine rings is 1. The number of rotatable bonds is 7. The molecule has 1 N–H and O–H groups in total. The van der Waals surface area contributed by atoms with Crippen LogP contribution in [-0.2, 0) is 16.0 Å². The molecule has 2 aromatic rings. The van der Waals surface area contributed by atoms with Crippen molar-refractivity contribution in [2.75, 3.05) is 40.3 Å². The van der Waals surface area contributed by atoms with Crippen molar-refractivity contribution < 1.29 is 14.0 Å². The van der Waals surface area contributed by atoms with Crippen LogP contribution in [0.25, 0.3) is 11.1 Å². The average molecular weight is 426 g/mol. The lowest BCUT2D eigenvalue weighted by Gasteiger charge is -2.42. The van der Waals surface area contributed by atoms with Gasteiger partial charge in [0, 0.05) is 19.6 Å². The maximum absolute atomic E-state index is 13.7. The number of benzene rings is 2. The van der Waals surface area contributed by atoms with Gasteiger partial charge in [0.25, 0.3) is 0 Å². The Bertz CT molecular complexity index is 930. The second-order valence-corrected chi connectivity index (χ2v) is 8.68. The Morgan fingerprint density at radius 2 is 1.84 bits per heavy atom. The Morgan fingerprint density at radius 1 is 1.13 bits per heavy atom. The second kappa shape index (κ2) is 10.1. The van der Waals surface area contributed by atoms with Gasteiger partial charge in [0.05, 0.1) is 12.0 Å². The molecule has 1 aliphatic heterocycles. The summed E-state index contributed by atoms with van der Waals surface area (Å²) >= 11 is 0. The van der Waals surface area contributed by atoms with Gasteiger partial charge in [-0.05, 0) is 69.1 Å². The largest absolute Gasteiger partial charge is 0.356 e. The standard InChI is InChI=1S/C25H32FN3O2/c1-4-27-24(31)25(12-7-13-29(18-25)23(30)17-28(2)3)16-19-8-5-9-20(14-19)21-10-6-11-22(26)15-21/h5-6,8-11,14-15H,4,7,12-13,16-18H2,1-3H3,(H,27,31)/t25-/m0/s1. The molecule has 0 saturated carbocycles. The van der Waals surface area contributed by atoms with Crippen LogP contribution in [0, 0.1) is 11.2 Å². The lowest BCUT2D eigenvalue weighted by atomic mass is 9.74. The highest BCUT2D eigenvalue weighted by Crippen LogP contribution is 2.35. The molecule has 0 spiro atoms. The molecule has 166 valence electrons. The van der Waals surface area contributed by atoms with Gasteiger partial charge in [-0.3, -0.25) is 9.59 Å². The van der Waals surface area contributed by atoms with Crippen LogP contribution < -0.4 is 5.32 Å². The normalized spacial score (nSPS) is 18.8. The zero-order chi connectivity index (χ0) is 22.4. The van der Waals surface area contributed by atoms with Crippen molar-refractivity contribution in [1.82, 2.24) is 15.1 Å². The Balaban J connectivity index is 1.89. The van der Waals surface area contributed by atoms with E-state index in [0.717, 1.165) is 29.5 Å². The molecule has 0 aliphatic carbocycles. The Hall–Kier alpha value is -2.73. The Morgan fingerprint density at radius 3 is 2.52 bits per heavy atom. The number of amides is 2. The first-order valence-corrected chi connectivity index (χ1v) is 10.9. The summed E-state index contributed by atoms with van der Waals surface area (Å²) in [5.41, 5.74) is 2.06. The molecule has 2 aromatic carbocycles. The van der Waals surface area contributed by atoms with Crippen LogP contribution in [-0.4, -0.2) is 61.9 Å². The molecule has 0 aromatic heterocycles. The van der Waals surface area contributed by atoms with Crippen LogP contribution in [0.15, 0.2) is 48.5 Å². The van der Waals surface area contributed by atoms with Crippen LogP contribution in [0.1, 0.15) is 25.3 Å². The van der Waals surface area contributed by atoms with Gasteiger partial charge >= 0.3 is 0 Å². The van der Waals surface area contributed by atoms with Crippen molar-refractivity contribution in [1.29, 1.82) is 0 Å². The third-order valence-corrected chi connectivity index (χ3v) is 5.83. The van der Waals surface area contributed by atoms with Gasteiger partial charge in [-0.25, -0.2) is 4.39 Å². The summed E-state index contributed by atoms with van der Waals surface area (Å²) in [5, 5.41) is 2.99. The minimum absolute atomic E-state index is 0.00601. The highest BCUT2D eigenvalue weighted by Gasteiger charge is 2.43. The number of halogens is 1. The predicted octanol–water partition coefficient (Wildman–Crippen LogP) is 3.34. The molecule has 31 heavy (non-hydrogen) atoms. The number of nitrogens with one attached hydrogen (secondary N) is 1. The quantitative estimate of drug-likeness (QED) is 0.740. The highest BCUT2D eigenvalue weighted by atomic mass is 19.1. The zero-order valence-corrected chi connectivity index (χ0v) is 18.7. The van der Waals surface area contributed by atoms with E-state index in [4.69, 9.17) is 0 Å². The molecule has 1 fully saturated rings. The second-order valence-electron chi connectivity index (χ2n) is 8.68. The number of carbonyl (C=O) groups is 2. The Kier molecular flexibility index (Phi) is 7.44. The first kappa shape index (κ1) is 22.9. The molecule has 1 aliphatic rings. The van der Waals surface area contributed by atoms with Gasteiger partial charge in [-0.15, -0.1) is 0 Å². The summed E-state index contributed by atoms with van der Waals surface area (Å²) in [6, 6.07) is 14.4. The molecule has 5 nitrogen and oxygen atoms in total. The maximum Gasteiger partial charge on any atom is 0.236 e. The van der Waals surface area contributed by atoms with Gasteiger partial charge < -0.3 is 15.1 Å². The summed E-state index contributed by atoms with van der Waals surface area (Å²) in [6.07, 6.45) is 2.06. The van der Waals surface area contributed by atoms with E-state index in [-0.39, 0.29) is 17.6 Å². The number of carbonyl (C=O) groups excluding carboxylic acids is 2. The van der Waals surface area contributed by atoms with Crippen LogP contribution in [0.3, 0.4) is 0 Å².